The summed E-state index contributed by atoms with van der Waals surface area (Å²) < 4.78 is 0. The predicted molar refractivity (Wildman–Crippen MR) is 94.6 cm³/mol. The number of carbonyl (C=O) groups is 2. The summed E-state index contributed by atoms with van der Waals surface area (Å²) in [5, 5.41) is 5.56. The van der Waals surface area contributed by atoms with Crippen LogP contribution >= 0.6 is 0 Å². The quantitative estimate of drug-likeness (QED) is 0.820. The molecule has 0 radical (unpaired) electrons. The lowest BCUT2D eigenvalue weighted by molar-refractivity contribution is -0.117. The van der Waals surface area contributed by atoms with Gasteiger partial charge in [-0.3, -0.25) is 19.5 Å². The lowest BCUT2D eigenvalue weighted by Gasteiger charge is -2.19. The zero-order valence-electron chi connectivity index (χ0n) is 14.0. The van der Waals surface area contributed by atoms with E-state index in [9.17, 15) is 9.59 Å². The second-order valence-electron chi connectivity index (χ2n) is 5.47. The van der Waals surface area contributed by atoms with Crippen molar-refractivity contribution >= 4 is 23.2 Å². The number of anilines is 2. The molecule has 0 spiro atoms. The molecule has 2 amide bonds. The number of pyridine rings is 1. The summed E-state index contributed by atoms with van der Waals surface area (Å²) in [6, 6.07) is 10.9. The third kappa shape index (κ3) is 5.81. The number of rotatable bonds is 7. The molecule has 24 heavy (non-hydrogen) atoms. The first-order valence-electron chi connectivity index (χ1n) is 7.85. The zero-order valence-corrected chi connectivity index (χ0v) is 14.0. The minimum Gasteiger partial charge on any atom is -0.326 e. The van der Waals surface area contributed by atoms with E-state index in [0.29, 0.717) is 24.5 Å². The first-order valence-corrected chi connectivity index (χ1v) is 7.85. The molecule has 1 aromatic carbocycles. The summed E-state index contributed by atoms with van der Waals surface area (Å²) in [6.45, 7) is 5.27. The number of carbonyl (C=O) groups excluding carboxylic acids is 2. The van der Waals surface area contributed by atoms with Crippen LogP contribution in [0.15, 0.2) is 48.8 Å². The number of amides is 2. The van der Waals surface area contributed by atoms with Gasteiger partial charge in [-0.2, -0.15) is 0 Å². The van der Waals surface area contributed by atoms with Crippen molar-refractivity contribution in [1.29, 1.82) is 0 Å². The van der Waals surface area contributed by atoms with Crippen LogP contribution in [0.4, 0.5) is 11.4 Å². The fourth-order valence-electron chi connectivity index (χ4n) is 2.27. The lowest BCUT2D eigenvalue weighted by atomic mass is 10.2. The highest BCUT2D eigenvalue weighted by Crippen LogP contribution is 2.13. The predicted octanol–water partition coefficient (Wildman–Crippen LogP) is 2.50. The Balaban J connectivity index is 1.88. The van der Waals surface area contributed by atoms with Gasteiger partial charge in [0.2, 0.25) is 11.8 Å². The number of benzene rings is 1. The van der Waals surface area contributed by atoms with Gasteiger partial charge < -0.3 is 10.6 Å². The van der Waals surface area contributed by atoms with Crippen molar-refractivity contribution in [3.63, 3.8) is 0 Å². The van der Waals surface area contributed by atoms with Gasteiger partial charge in [-0.05, 0) is 48.5 Å². The number of hydrogen-bond donors (Lipinski definition) is 2. The van der Waals surface area contributed by atoms with Crippen LogP contribution in [0, 0.1) is 0 Å². The highest BCUT2D eigenvalue weighted by atomic mass is 16.2. The standard InChI is InChI=1S/C18H22N4O2/c1-3-22(12-15-8-10-19-11-9-15)13-18(24)21-17-6-4-16(5-7-17)20-14(2)23/h4-11H,3,12-13H2,1-2H3,(H,20,23)(H,21,24). The van der Waals surface area contributed by atoms with E-state index in [1.165, 1.54) is 6.92 Å². The molecule has 0 unspecified atom stereocenters. The van der Waals surface area contributed by atoms with Gasteiger partial charge in [0.25, 0.3) is 0 Å². The number of nitrogens with one attached hydrogen (secondary N) is 2. The molecule has 0 saturated heterocycles. The Bertz CT molecular complexity index is 671. The Hall–Kier alpha value is -2.73. The molecule has 0 bridgehead atoms. The summed E-state index contributed by atoms with van der Waals surface area (Å²) >= 11 is 0. The first-order chi connectivity index (χ1) is 11.6. The van der Waals surface area contributed by atoms with Crippen molar-refractivity contribution in [3.05, 3.63) is 54.4 Å². The minimum atomic E-state index is -0.124. The molecule has 1 heterocycles. The van der Waals surface area contributed by atoms with E-state index in [-0.39, 0.29) is 11.8 Å². The Labute approximate surface area is 141 Å². The Morgan fingerprint density at radius 2 is 1.58 bits per heavy atom. The largest absolute Gasteiger partial charge is 0.326 e. The Morgan fingerprint density at radius 3 is 2.12 bits per heavy atom. The number of likely N-dealkylation sites (N-methyl/N-ethyl adjacent to an activating group) is 1. The summed E-state index contributed by atoms with van der Waals surface area (Å²) in [7, 11) is 0. The second kappa shape index (κ2) is 8.79. The van der Waals surface area contributed by atoms with Crippen molar-refractivity contribution in [1.82, 2.24) is 9.88 Å². The average Bonchev–Trinajstić information content (AvgIpc) is 2.56. The summed E-state index contributed by atoms with van der Waals surface area (Å²) in [5.41, 5.74) is 2.53. The summed E-state index contributed by atoms with van der Waals surface area (Å²) in [4.78, 5) is 29.2. The van der Waals surface area contributed by atoms with Crippen LogP contribution < -0.4 is 10.6 Å². The molecule has 0 aliphatic rings. The molecular formula is C18H22N4O2. The molecule has 126 valence electrons. The highest BCUT2D eigenvalue weighted by molar-refractivity contribution is 5.93. The van der Waals surface area contributed by atoms with E-state index in [2.05, 4.69) is 20.5 Å². The third-order valence-electron chi connectivity index (χ3n) is 3.46. The van der Waals surface area contributed by atoms with Crippen LogP contribution in [-0.4, -0.2) is 34.8 Å². The van der Waals surface area contributed by atoms with E-state index in [0.717, 1.165) is 12.1 Å². The van der Waals surface area contributed by atoms with Gasteiger partial charge in [0.1, 0.15) is 0 Å². The molecule has 1 aromatic heterocycles. The fourth-order valence-corrected chi connectivity index (χ4v) is 2.27. The molecule has 2 rings (SSSR count). The molecule has 2 N–H and O–H groups in total. The van der Waals surface area contributed by atoms with Gasteiger partial charge >= 0.3 is 0 Å². The van der Waals surface area contributed by atoms with E-state index < -0.39 is 0 Å². The van der Waals surface area contributed by atoms with Crippen LogP contribution in [0.2, 0.25) is 0 Å². The zero-order chi connectivity index (χ0) is 17.4. The van der Waals surface area contributed by atoms with Gasteiger partial charge in [0, 0.05) is 37.2 Å². The van der Waals surface area contributed by atoms with Gasteiger partial charge in [-0.25, -0.2) is 0 Å². The number of nitrogens with zero attached hydrogens (tertiary/aromatic N) is 2. The van der Waals surface area contributed by atoms with Crippen molar-refractivity contribution in [2.24, 2.45) is 0 Å². The molecule has 0 aliphatic heterocycles. The SMILES string of the molecule is CCN(CC(=O)Nc1ccc(NC(C)=O)cc1)Cc1ccncc1. The van der Waals surface area contributed by atoms with Gasteiger partial charge in [0.15, 0.2) is 0 Å². The van der Waals surface area contributed by atoms with E-state index >= 15 is 0 Å². The monoisotopic (exact) mass is 326 g/mol. The Morgan fingerprint density at radius 1 is 1.00 bits per heavy atom. The molecule has 0 atom stereocenters. The molecule has 0 fully saturated rings. The highest BCUT2D eigenvalue weighted by Gasteiger charge is 2.10. The Kier molecular flexibility index (Phi) is 6.45. The third-order valence-corrected chi connectivity index (χ3v) is 3.46. The van der Waals surface area contributed by atoms with Crippen LogP contribution in [0.1, 0.15) is 19.4 Å². The van der Waals surface area contributed by atoms with Gasteiger partial charge in [0.05, 0.1) is 6.54 Å². The molecule has 0 saturated carbocycles. The average molecular weight is 326 g/mol. The smallest absolute Gasteiger partial charge is 0.238 e. The van der Waals surface area contributed by atoms with Gasteiger partial charge in [-0.1, -0.05) is 6.92 Å². The fraction of sp³-hybridized carbons (Fsp3) is 0.278. The molecular weight excluding hydrogens is 304 g/mol. The van der Waals surface area contributed by atoms with Crippen molar-refractivity contribution in [3.8, 4) is 0 Å². The van der Waals surface area contributed by atoms with Crippen molar-refractivity contribution < 1.29 is 9.59 Å². The molecule has 2 aromatic rings. The summed E-state index contributed by atoms with van der Waals surface area (Å²) in [5.74, 6) is -0.195. The van der Waals surface area contributed by atoms with Crippen LogP contribution in [0.3, 0.4) is 0 Å². The summed E-state index contributed by atoms with van der Waals surface area (Å²) in [6.07, 6.45) is 3.50. The van der Waals surface area contributed by atoms with Gasteiger partial charge in [-0.15, -0.1) is 0 Å². The van der Waals surface area contributed by atoms with Crippen molar-refractivity contribution in [2.75, 3.05) is 23.7 Å². The van der Waals surface area contributed by atoms with Crippen LogP contribution in [0.5, 0.6) is 0 Å². The first kappa shape index (κ1) is 17.6. The number of hydrogen-bond acceptors (Lipinski definition) is 4. The molecule has 6 heteroatoms. The van der Waals surface area contributed by atoms with Crippen LogP contribution in [0.25, 0.3) is 0 Å². The van der Waals surface area contributed by atoms with E-state index in [4.69, 9.17) is 0 Å². The maximum atomic E-state index is 12.2. The molecule has 6 nitrogen and oxygen atoms in total. The maximum Gasteiger partial charge on any atom is 0.238 e. The molecule has 0 aliphatic carbocycles. The van der Waals surface area contributed by atoms with Crippen molar-refractivity contribution in [2.45, 2.75) is 20.4 Å². The topological polar surface area (TPSA) is 74.3 Å². The van der Waals surface area contributed by atoms with Crippen LogP contribution in [-0.2, 0) is 16.1 Å². The van der Waals surface area contributed by atoms with E-state index in [1.54, 1.807) is 36.7 Å². The maximum absolute atomic E-state index is 12.2. The lowest BCUT2D eigenvalue weighted by Crippen LogP contribution is -2.32. The van der Waals surface area contributed by atoms with E-state index in [1.807, 2.05) is 19.1 Å². The minimum absolute atomic E-state index is 0.0711. The normalized spacial score (nSPS) is 10.5. The number of aromatic nitrogens is 1. The second-order valence-corrected chi connectivity index (χ2v) is 5.47.